The molecular formula is C29H35FN4O3S. The maximum Gasteiger partial charge on any atom is 0.246 e. The lowest BCUT2D eigenvalue weighted by atomic mass is 9.83. The Morgan fingerprint density at radius 3 is 2.34 bits per heavy atom. The molecule has 2 amide bonds. The van der Waals surface area contributed by atoms with Gasteiger partial charge in [-0.25, -0.2) is 9.37 Å². The standard InChI is InChI=1S/C25H31FN4O3S.2C2H2/c1-27-14-21(31)29-22(16-6-3-2-4-7-16)25(33)30-13-5-8-20(30)24-28-19(15-34-24)23(32)17-9-11-18(26)12-10-17;2*1-2/h9-12,15-16,20,22,27H,2-8,13-14H2,1H3,(H,29,31);2*1-2H. The lowest BCUT2D eigenvalue weighted by Gasteiger charge is -2.34. The topological polar surface area (TPSA) is 91.4 Å². The molecule has 1 saturated carbocycles. The molecule has 0 bridgehead atoms. The lowest BCUT2D eigenvalue weighted by molar-refractivity contribution is -0.139. The van der Waals surface area contributed by atoms with Gasteiger partial charge in [0.1, 0.15) is 22.6 Å². The van der Waals surface area contributed by atoms with Crippen molar-refractivity contribution in [2.45, 2.75) is 57.0 Å². The minimum absolute atomic E-state index is 0.0551. The van der Waals surface area contributed by atoms with E-state index in [0.29, 0.717) is 17.8 Å². The number of rotatable bonds is 8. The van der Waals surface area contributed by atoms with Crippen LogP contribution in [0.2, 0.25) is 0 Å². The minimum Gasteiger partial charge on any atom is -0.343 e. The third-order valence-electron chi connectivity index (χ3n) is 6.72. The van der Waals surface area contributed by atoms with E-state index in [9.17, 15) is 18.8 Å². The fourth-order valence-electron chi connectivity index (χ4n) is 4.99. The second-order valence-corrected chi connectivity index (χ2v) is 9.96. The molecule has 9 heteroatoms. The SMILES string of the molecule is C#C.C#C.CNCC(=O)NC(C(=O)N1CCCC1c1nc(C(=O)c2ccc(F)cc2)cs1)C1CCCCC1. The Labute approximate surface area is 228 Å². The number of amides is 2. The molecule has 2 unspecified atom stereocenters. The average molecular weight is 539 g/mol. The van der Waals surface area contributed by atoms with Crippen LogP contribution in [0, 0.1) is 37.4 Å². The van der Waals surface area contributed by atoms with Crippen LogP contribution in [0.4, 0.5) is 4.39 Å². The van der Waals surface area contributed by atoms with E-state index in [2.05, 4.69) is 41.3 Å². The van der Waals surface area contributed by atoms with E-state index in [0.717, 1.165) is 50.0 Å². The molecule has 1 aromatic carbocycles. The van der Waals surface area contributed by atoms with Crippen LogP contribution in [-0.4, -0.2) is 53.7 Å². The van der Waals surface area contributed by atoms with Gasteiger partial charge in [-0.3, -0.25) is 14.4 Å². The summed E-state index contributed by atoms with van der Waals surface area (Å²) in [6, 6.07) is 4.66. The van der Waals surface area contributed by atoms with Gasteiger partial charge in [-0.2, -0.15) is 0 Å². The summed E-state index contributed by atoms with van der Waals surface area (Å²) in [5.74, 6) is -0.762. The van der Waals surface area contributed by atoms with Crippen molar-refractivity contribution in [2.75, 3.05) is 20.1 Å². The van der Waals surface area contributed by atoms with Crippen molar-refractivity contribution in [1.82, 2.24) is 20.5 Å². The van der Waals surface area contributed by atoms with Crippen LogP contribution in [0.1, 0.15) is 72.0 Å². The molecular weight excluding hydrogens is 503 g/mol. The van der Waals surface area contributed by atoms with Crippen molar-refractivity contribution in [1.29, 1.82) is 0 Å². The van der Waals surface area contributed by atoms with Gasteiger partial charge in [0.05, 0.1) is 12.6 Å². The number of thiazole rings is 1. The molecule has 2 aliphatic rings. The maximum absolute atomic E-state index is 13.7. The lowest BCUT2D eigenvalue weighted by Crippen LogP contribution is -2.53. The number of hydrogen-bond donors (Lipinski definition) is 2. The fraction of sp³-hybridized carbons (Fsp3) is 0.448. The quantitative estimate of drug-likeness (QED) is 0.392. The second-order valence-electron chi connectivity index (χ2n) is 9.07. The van der Waals surface area contributed by atoms with Gasteiger partial charge in [-0.05, 0) is 62.9 Å². The van der Waals surface area contributed by atoms with Crippen LogP contribution in [0.5, 0.6) is 0 Å². The summed E-state index contributed by atoms with van der Waals surface area (Å²) in [5.41, 5.74) is 0.680. The molecule has 2 N–H and O–H groups in total. The van der Waals surface area contributed by atoms with Gasteiger partial charge in [-0.15, -0.1) is 37.0 Å². The molecule has 2 aromatic rings. The Morgan fingerprint density at radius 2 is 1.71 bits per heavy atom. The summed E-state index contributed by atoms with van der Waals surface area (Å²) in [5, 5.41) is 8.27. The Balaban J connectivity index is 0.00000121. The molecule has 4 rings (SSSR count). The number of nitrogens with one attached hydrogen (secondary N) is 2. The number of likely N-dealkylation sites (tertiary alicyclic amines) is 1. The van der Waals surface area contributed by atoms with Crippen LogP contribution in [0.3, 0.4) is 0 Å². The monoisotopic (exact) mass is 538 g/mol. The van der Waals surface area contributed by atoms with Gasteiger partial charge in [-0.1, -0.05) is 19.3 Å². The smallest absolute Gasteiger partial charge is 0.246 e. The van der Waals surface area contributed by atoms with E-state index in [1.165, 1.54) is 35.6 Å². The predicted octanol–water partition coefficient (Wildman–Crippen LogP) is 3.96. The van der Waals surface area contributed by atoms with Crippen molar-refractivity contribution in [3.63, 3.8) is 0 Å². The number of likely N-dealkylation sites (N-methyl/N-ethyl adjacent to an activating group) is 1. The molecule has 0 radical (unpaired) electrons. The molecule has 2 atom stereocenters. The van der Waals surface area contributed by atoms with Crippen LogP contribution in [-0.2, 0) is 9.59 Å². The number of benzene rings is 1. The number of hydrogen-bond acceptors (Lipinski definition) is 6. The number of halogens is 1. The summed E-state index contributed by atoms with van der Waals surface area (Å²) < 4.78 is 13.2. The molecule has 2 heterocycles. The number of ketones is 1. The molecule has 1 saturated heterocycles. The third-order valence-corrected chi connectivity index (χ3v) is 7.67. The Hall–Kier alpha value is -3.53. The summed E-state index contributed by atoms with van der Waals surface area (Å²) in [4.78, 5) is 45.3. The van der Waals surface area contributed by atoms with Crippen LogP contribution in [0.15, 0.2) is 29.6 Å². The van der Waals surface area contributed by atoms with Crippen molar-refractivity contribution >= 4 is 28.9 Å². The second kappa shape index (κ2) is 15.7. The van der Waals surface area contributed by atoms with E-state index in [1.807, 2.05) is 4.90 Å². The van der Waals surface area contributed by atoms with Gasteiger partial charge in [0.2, 0.25) is 17.6 Å². The minimum atomic E-state index is -0.540. The van der Waals surface area contributed by atoms with Crippen LogP contribution < -0.4 is 10.6 Å². The molecule has 7 nitrogen and oxygen atoms in total. The average Bonchev–Trinajstić information content (AvgIpc) is 3.64. The van der Waals surface area contributed by atoms with E-state index in [1.54, 1.807) is 12.4 Å². The van der Waals surface area contributed by atoms with Gasteiger partial charge in [0.15, 0.2) is 0 Å². The van der Waals surface area contributed by atoms with E-state index in [-0.39, 0.29) is 36.1 Å². The molecule has 1 aliphatic heterocycles. The van der Waals surface area contributed by atoms with Crippen LogP contribution in [0.25, 0.3) is 0 Å². The van der Waals surface area contributed by atoms with E-state index in [4.69, 9.17) is 0 Å². The first-order chi connectivity index (χ1) is 18.5. The molecule has 2 fully saturated rings. The van der Waals surface area contributed by atoms with Gasteiger partial charge in [0, 0.05) is 17.5 Å². The van der Waals surface area contributed by atoms with Crippen molar-refractivity contribution < 1.29 is 18.8 Å². The highest BCUT2D eigenvalue weighted by Crippen LogP contribution is 2.36. The van der Waals surface area contributed by atoms with Crippen LogP contribution >= 0.6 is 11.3 Å². The molecule has 38 heavy (non-hydrogen) atoms. The molecule has 1 aliphatic carbocycles. The van der Waals surface area contributed by atoms with Gasteiger partial charge < -0.3 is 15.5 Å². The van der Waals surface area contributed by atoms with Gasteiger partial charge in [0.25, 0.3) is 0 Å². The first kappa shape index (κ1) is 30.7. The number of aromatic nitrogens is 1. The highest BCUT2D eigenvalue weighted by Gasteiger charge is 2.39. The Kier molecular flexibility index (Phi) is 12.6. The summed E-state index contributed by atoms with van der Waals surface area (Å²) in [7, 11) is 1.71. The summed E-state index contributed by atoms with van der Waals surface area (Å²) in [6.07, 6.45) is 22.8. The Bertz CT molecular complexity index is 1100. The first-order valence-electron chi connectivity index (χ1n) is 12.6. The molecule has 0 spiro atoms. The number of carbonyl (C=O) groups excluding carboxylic acids is 3. The zero-order valence-corrected chi connectivity index (χ0v) is 22.5. The van der Waals surface area contributed by atoms with E-state index >= 15 is 0 Å². The third kappa shape index (κ3) is 7.74. The highest BCUT2D eigenvalue weighted by atomic mass is 32.1. The normalized spacial score (nSPS) is 17.7. The predicted molar refractivity (Wildman–Crippen MR) is 148 cm³/mol. The zero-order valence-electron chi connectivity index (χ0n) is 21.7. The molecule has 1 aromatic heterocycles. The Morgan fingerprint density at radius 1 is 1.05 bits per heavy atom. The van der Waals surface area contributed by atoms with E-state index < -0.39 is 11.9 Å². The summed E-state index contributed by atoms with van der Waals surface area (Å²) >= 11 is 1.37. The number of carbonyl (C=O) groups is 3. The number of terminal acetylenes is 2. The first-order valence-corrected chi connectivity index (χ1v) is 13.5. The molecule has 202 valence electrons. The summed E-state index contributed by atoms with van der Waals surface area (Å²) in [6.45, 7) is 0.775. The maximum atomic E-state index is 13.7. The largest absolute Gasteiger partial charge is 0.343 e. The van der Waals surface area contributed by atoms with Gasteiger partial charge >= 0.3 is 0 Å². The van der Waals surface area contributed by atoms with Crippen molar-refractivity contribution in [2.24, 2.45) is 5.92 Å². The van der Waals surface area contributed by atoms with Crippen molar-refractivity contribution in [3.8, 4) is 25.7 Å². The van der Waals surface area contributed by atoms with Crippen molar-refractivity contribution in [3.05, 3.63) is 51.7 Å². The fourth-order valence-corrected chi connectivity index (χ4v) is 5.94. The highest BCUT2D eigenvalue weighted by molar-refractivity contribution is 7.10. The zero-order chi connectivity index (χ0) is 28.1. The number of nitrogens with zero attached hydrogens (tertiary/aromatic N) is 2.